The van der Waals surface area contributed by atoms with Gasteiger partial charge in [0.2, 0.25) is 11.7 Å². The molecule has 1 aromatic heterocycles. The number of carbonyl (C=O) groups is 1. The van der Waals surface area contributed by atoms with Crippen LogP contribution < -0.4 is 5.32 Å². The maximum atomic E-state index is 13.2. The van der Waals surface area contributed by atoms with E-state index in [0.717, 1.165) is 36.8 Å². The molecule has 0 spiro atoms. The van der Waals surface area contributed by atoms with E-state index in [2.05, 4.69) is 39.6 Å². The fourth-order valence-electron chi connectivity index (χ4n) is 4.49. The highest BCUT2D eigenvalue weighted by Gasteiger charge is 2.42. The summed E-state index contributed by atoms with van der Waals surface area (Å²) in [4.78, 5) is 13.2. The first kappa shape index (κ1) is 31.6. The minimum atomic E-state index is -1.43. The summed E-state index contributed by atoms with van der Waals surface area (Å²) in [6.45, 7) is 9.75. The third-order valence-corrected chi connectivity index (χ3v) is 6.57. The van der Waals surface area contributed by atoms with E-state index in [1.165, 1.54) is 14.2 Å². The number of aliphatic hydroxyl groups excluding tert-OH is 2. The van der Waals surface area contributed by atoms with Crippen molar-refractivity contribution < 1.29 is 29.2 Å². The van der Waals surface area contributed by atoms with Gasteiger partial charge in [0.15, 0.2) is 12.1 Å². The minimum Gasteiger partial charge on any atom is -0.387 e. The van der Waals surface area contributed by atoms with Crippen LogP contribution in [-0.4, -0.2) is 80.9 Å². The molecule has 0 saturated carbocycles. The number of carbonyl (C=O) groups excluding carboxylic acids is 1. The van der Waals surface area contributed by atoms with Gasteiger partial charge in [-0.1, -0.05) is 57.9 Å². The van der Waals surface area contributed by atoms with E-state index in [4.69, 9.17) is 14.2 Å². The van der Waals surface area contributed by atoms with Crippen LogP contribution in [0.5, 0.6) is 0 Å². The van der Waals surface area contributed by atoms with Crippen LogP contribution in [0.1, 0.15) is 64.8 Å². The zero-order chi connectivity index (χ0) is 28.3. The number of aryl methyl sites for hydroxylation is 1. The van der Waals surface area contributed by atoms with Crippen LogP contribution in [0.3, 0.4) is 0 Å². The molecule has 0 aliphatic carbocycles. The van der Waals surface area contributed by atoms with E-state index in [1.54, 1.807) is 13.8 Å². The Morgan fingerprint density at radius 3 is 2.03 bits per heavy atom. The Kier molecular flexibility index (Phi) is 12.6. The molecule has 4 atom stereocenters. The van der Waals surface area contributed by atoms with Gasteiger partial charge in [-0.2, -0.15) is 0 Å². The van der Waals surface area contributed by atoms with E-state index in [0.29, 0.717) is 11.6 Å². The van der Waals surface area contributed by atoms with Gasteiger partial charge in [0.25, 0.3) is 0 Å². The summed E-state index contributed by atoms with van der Waals surface area (Å²) in [6, 6.07) is 7.39. The zero-order valence-electron chi connectivity index (χ0n) is 23.5. The number of rotatable bonds is 16. The van der Waals surface area contributed by atoms with Crippen LogP contribution >= 0.6 is 0 Å². The summed E-state index contributed by atoms with van der Waals surface area (Å²) >= 11 is 0. The van der Waals surface area contributed by atoms with Gasteiger partial charge >= 0.3 is 0 Å². The van der Waals surface area contributed by atoms with Crippen molar-refractivity contribution in [2.24, 2.45) is 5.92 Å². The Hall–Kier alpha value is -2.57. The molecule has 3 unspecified atom stereocenters. The zero-order valence-corrected chi connectivity index (χ0v) is 23.5. The van der Waals surface area contributed by atoms with Crippen molar-refractivity contribution in [1.29, 1.82) is 0 Å². The molecule has 38 heavy (non-hydrogen) atoms. The third-order valence-electron chi connectivity index (χ3n) is 6.57. The van der Waals surface area contributed by atoms with Gasteiger partial charge in [0.05, 0.1) is 17.6 Å². The number of aliphatic hydroxyl groups is 2. The van der Waals surface area contributed by atoms with E-state index in [9.17, 15) is 15.0 Å². The predicted molar refractivity (Wildman–Crippen MR) is 142 cm³/mol. The molecule has 11 nitrogen and oxygen atoms in total. The van der Waals surface area contributed by atoms with Gasteiger partial charge in [-0.3, -0.25) is 4.79 Å². The number of methoxy groups -OCH3 is 2. The SMILES string of the molecule is CCCC(C)(CCC)O[C@H](C(C)C(=O)NCc1ccc(-c2nnc(C)nn2)cc1)C(O)C(O)C(OC)OC. The molecule has 0 bridgehead atoms. The predicted octanol–water partition coefficient (Wildman–Crippen LogP) is 2.58. The van der Waals surface area contributed by atoms with Crippen molar-refractivity contribution >= 4 is 5.91 Å². The quantitative estimate of drug-likeness (QED) is 0.275. The smallest absolute Gasteiger partial charge is 0.225 e. The molecule has 0 fully saturated rings. The standard InChI is InChI=1S/C27H43N5O6/c1-8-14-27(5,15-9-2)38-23(21(33)22(34)26(36-6)37-7)17(3)25(35)28-16-19-10-12-20(13-11-19)24-31-29-18(4)30-32-24/h10-13,17,21-23,26,33-34H,8-9,14-16H2,1-7H3,(H,28,35)/t17?,21?,22?,23-/m1/s1. The van der Waals surface area contributed by atoms with Crippen molar-refractivity contribution in [3.8, 4) is 11.4 Å². The second-order valence-corrected chi connectivity index (χ2v) is 9.83. The Balaban J connectivity index is 2.16. The van der Waals surface area contributed by atoms with Crippen molar-refractivity contribution in [1.82, 2.24) is 25.7 Å². The first-order valence-corrected chi connectivity index (χ1v) is 13.1. The van der Waals surface area contributed by atoms with E-state index >= 15 is 0 Å². The fourth-order valence-corrected chi connectivity index (χ4v) is 4.49. The molecule has 1 amide bonds. The number of nitrogens with one attached hydrogen (secondary N) is 1. The van der Waals surface area contributed by atoms with Crippen LogP contribution in [0, 0.1) is 12.8 Å². The van der Waals surface area contributed by atoms with Gasteiger partial charge < -0.3 is 29.7 Å². The van der Waals surface area contributed by atoms with Crippen LogP contribution in [0.2, 0.25) is 0 Å². The summed E-state index contributed by atoms with van der Waals surface area (Å²) in [7, 11) is 2.75. The molecule has 2 rings (SSSR count). The summed E-state index contributed by atoms with van der Waals surface area (Å²) in [6.07, 6.45) is -1.68. The molecular weight excluding hydrogens is 490 g/mol. The normalized spacial score (nSPS) is 15.2. The lowest BCUT2D eigenvalue weighted by Crippen LogP contribution is -2.54. The molecular formula is C27H43N5O6. The van der Waals surface area contributed by atoms with E-state index in [-0.39, 0.29) is 12.5 Å². The summed E-state index contributed by atoms with van der Waals surface area (Å²) in [5, 5.41) is 40.7. The lowest BCUT2D eigenvalue weighted by molar-refractivity contribution is -0.229. The lowest BCUT2D eigenvalue weighted by Gasteiger charge is -2.40. The molecule has 212 valence electrons. The molecule has 0 radical (unpaired) electrons. The van der Waals surface area contributed by atoms with Gasteiger partial charge in [-0.05, 0) is 32.3 Å². The monoisotopic (exact) mass is 533 g/mol. The van der Waals surface area contributed by atoms with Crippen molar-refractivity contribution in [2.75, 3.05) is 14.2 Å². The van der Waals surface area contributed by atoms with Crippen LogP contribution in [0.25, 0.3) is 11.4 Å². The summed E-state index contributed by atoms with van der Waals surface area (Å²) in [5.74, 6) is -0.187. The average molecular weight is 534 g/mol. The van der Waals surface area contributed by atoms with Gasteiger partial charge in [-0.15, -0.1) is 20.4 Å². The summed E-state index contributed by atoms with van der Waals surface area (Å²) in [5.41, 5.74) is 1.05. The van der Waals surface area contributed by atoms with Gasteiger partial charge in [0, 0.05) is 26.3 Å². The highest BCUT2D eigenvalue weighted by atomic mass is 16.7. The second kappa shape index (κ2) is 15.1. The molecule has 3 N–H and O–H groups in total. The maximum Gasteiger partial charge on any atom is 0.225 e. The Bertz CT molecular complexity index is 965. The van der Waals surface area contributed by atoms with Gasteiger partial charge in [0.1, 0.15) is 12.2 Å². The first-order valence-electron chi connectivity index (χ1n) is 13.1. The Morgan fingerprint density at radius 1 is 0.974 bits per heavy atom. The number of amides is 1. The molecule has 11 heteroatoms. The van der Waals surface area contributed by atoms with Crippen LogP contribution in [-0.2, 0) is 25.5 Å². The molecule has 1 heterocycles. The first-order chi connectivity index (χ1) is 18.1. The Morgan fingerprint density at radius 2 is 1.53 bits per heavy atom. The highest BCUT2D eigenvalue weighted by Crippen LogP contribution is 2.30. The number of ether oxygens (including phenoxy) is 3. The second-order valence-electron chi connectivity index (χ2n) is 9.83. The van der Waals surface area contributed by atoms with Crippen molar-refractivity contribution in [3.05, 3.63) is 35.7 Å². The summed E-state index contributed by atoms with van der Waals surface area (Å²) < 4.78 is 16.7. The van der Waals surface area contributed by atoms with Crippen molar-refractivity contribution in [2.45, 2.75) is 97.0 Å². The number of benzene rings is 1. The van der Waals surface area contributed by atoms with E-state index in [1.807, 2.05) is 31.2 Å². The van der Waals surface area contributed by atoms with Gasteiger partial charge in [-0.25, -0.2) is 0 Å². The molecule has 0 aliphatic heterocycles. The maximum absolute atomic E-state index is 13.2. The Labute approximate surface area is 225 Å². The number of aromatic nitrogens is 4. The van der Waals surface area contributed by atoms with Crippen molar-refractivity contribution in [3.63, 3.8) is 0 Å². The average Bonchev–Trinajstić information content (AvgIpc) is 2.91. The molecule has 0 aliphatic rings. The lowest BCUT2D eigenvalue weighted by atomic mass is 9.90. The minimum absolute atomic E-state index is 0.264. The number of nitrogens with zero attached hydrogens (tertiary/aromatic N) is 4. The highest BCUT2D eigenvalue weighted by molar-refractivity contribution is 5.79. The van der Waals surface area contributed by atoms with E-state index < -0.39 is 36.1 Å². The largest absolute Gasteiger partial charge is 0.387 e. The third kappa shape index (κ3) is 8.74. The molecule has 0 saturated heterocycles. The number of hydrogen-bond acceptors (Lipinski definition) is 10. The molecule has 1 aromatic carbocycles. The van der Waals surface area contributed by atoms with Crippen LogP contribution in [0.15, 0.2) is 24.3 Å². The topological polar surface area (TPSA) is 149 Å². The molecule has 2 aromatic rings. The number of hydrogen-bond donors (Lipinski definition) is 3. The van der Waals surface area contributed by atoms with Crippen LogP contribution in [0.4, 0.5) is 0 Å². The fraction of sp³-hybridized carbons (Fsp3) is 0.667.